The highest BCUT2D eigenvalue weighted by molar-refractivity contribution is 7.84. The molecule has 8 nitrogen and oxygen atoms in total. The second kappa shape index (κ2) is 10.2. The lowest BCUT2D eigenvalue weighted by atomic mass is 10.0. The fraction of sp³-hybridized carbons (Fsp3) is 0.208. The molecular formula is C24H21F2N3O5S. The summed E-state index contributed by atoms with van der Waals surface area (Å²) in [6, 6.07) is 6.00. The third-order valence-corrected chi connectivity index (χ3v) is 6.57. The first kappa shape index (κ1) is 24.3. The number of pyridine rings is 1. The number of phenolic OH excluding ortho intramolecular Hbond substituents is 1. The van der Waals surface area contributed by atoms with Crippen LogP contribution in [0.15, 0.2) is 53.9 Å². The van der Waals surface area contributed by atoms with Crippen LogP contribution < -0.4 is 4.74 Å². The highest BCUT2D eigenvalue weighted by atomic mass is 32.2. The van der Waals surface area contributed by atoms with Crippen LogP contribution in [0.1, 0.15) is 28.5 Å². The minimum Gasteiger partial charge on any atom is -0.504 e. The normalized spacial score (nSPS) is 12.0. The second-order valence-electron chi connectivity index (χ2n) is 7.48. The van der Waals surface area contributed by atoms with Gasteiger partial charge >= 0.3 is 5.97 Å². The number of carbonyl (C=O) groups is 1. The van der Waals surface area contributed by atoms with Crippen molar-refractivity contribution in [3.05, 3.63) is 77.5 Å². The number of methoxy groups -OCH3 is 1. The van der Waals surface area contributed by atoms with Crippen LogP contribution in [0.4, 0.5) is 8.78 Å². The van der Waals surface area contributed by atoms with Gasteiger partial charge in [0.15, 0.2) is 23.1 Å². The van der Waals surface area contributed by atoms with E-state index in [1.165, 1.54) is 25.3 Å². The van der Waals surface area contributed by atoms with Gasteiger partial charge in [0, 0.05) is 28.2 Å². The Morgan fingerprint density at radius 3 is 2.66 bits per heavy atom. The van der Waals surface area contributed by atoms with Crippen LogP contribution in [0.25, 0.3) is 10.9 Å². The molecule has 0 saturated heterocycles. The van der Waals surface area contributed by atoms with Crippen molar-refractivity contribution in [2.45, 2.75) is 24.1 Å². The van der Waals surface area contributed by atoms with E-state index >= 15 is 0 Å². The summed E-state index contributed by atoms with van der Waals surface area (Å²) in [5.74, 6) is -3.10. The van der Waals surface area contributed by atoms with Gasteiger partial charge in [-0.15, -0.1) is 0 Å². The Labute approximate surface area is 201 Å². The van der Waals surface area contributed by atoms with Gasteiger partial charge in [0.05, 0.1) is 59.9 Å². The number of imidazole rings is 1. The van der Waals surface area contributed by atoms with Crippen molar-refractivity contribution in [1.82, 2.24) is 14.5 Å². The fourth-order valence-corrected chi connectivity index (χ4v) is 4.67. The van der Waals surface area contributed by atoms with Gasteiger partial charge in [-0.1, -0.05) is 0 Å². The molecule has 0 saturated carbocycles. The number of benzene rings is 2. The van der Waals surface area contributed by atoms with Crippen molar-refractivity contribution < 1.29 is 32.4 Å². The lowest BCUT2D eigenvalue weighted by Gasteiger charge is -2.16. The van der Waals surface area contributed by atoms with Crippen molar-refractivity contribution in [2.24, 2.45) is 0 Å². The first-order valence-electron chi connectivity index (χ1n) is 10.5. The molecule has 0 bridgehead atoms. The van der Waals surface area contributed by atoms with E-state index in [-0.39, 0.29) is 46.6 Å². The Hall–Kier alpha value is -3.86. The summed E-state index contributed by atoms with van der Waals surface area (Å²) in [4.78, 5) is 21.4. The first-order valence-corrected chi connectivity index (χ1v) is 11.8. The van der Waals surface area contributed by atoms with Crippen LogP contribution in [-0.4, -0.2) is 43.5 Å². The molecule has 0 fully saturated rings. The van der Waals surface area contributed by atoms with Crippen LogP contribution in [-0.2, 0) is 27.8 Å². The minimum absolute atomic E-state index is 0.0387. The smallest absolute Gasteiger partial charge is 0.340 e. The number of fused-ring (bicyclic) bond motifs is 1. The van der Waals surface area contributed by atoms with Gasteiger partial charge < -0.3 is 19.1 Å². The number of esters is 1. The fourth-order valence-electron chi connectivity index (χ4n) is 3.58. The quantitative estimate of drug-likeness (QED) is 0.365. The van der Waals surface area contributed by atoms with Gasteiger partial charge in [-0.3, -0.25) is 9.19 Å². The predicted octanol–water partition coefficient (Wildman–Crippen LogP) is 3.96. The summed E-state index contributed by atoms with van der Waals surface area (Å²) >= 11 is 0. The summed E-state index contributed by atoms with van der Waals surface area (Å²) in [5, 5.41) is 11.3. The van der Waals surface area contributed by atoms with E-state index < -0.39 is 28.4 Å². The molecule has 0 aliphatic rings. The molecule has 1 atom stereocenters. The molecule has 4 rings (SSSR count). The summed E-state index contributed by atoms with van der Waals surface area (Å²) in [5.41, 5.74) is 0.932. The number of rotatable bonds is 8. The Morgan fingerprint density at radius 1 is 1.20 bits per heavy atom. The first-order chi connectivity index (χ1) is 16.8. The number of phenols is 1. The van der Waals surface area contributed by atoms with E-state index in [1.807, 2.05) is 0 Å². The van der Waals surface area contributed by atoms with E-state index in [9.17, 15) is 22.9 Å². The second-order valence-corrected chi connectivity index (χ2v) is 8.93. The van der Waals surface area contributed by atoms with Gasteiger partial charge in [-0.2, -0.15) is 0 Å². The zero-order chi connectivity index (χ0) is 25.1. The molecule has 2 aromatic heterocycles. The number of nitrogens with zero attached hydrogens (tertiary/aromatic N) is 3. The molecule has 4 aromatic rings. The number of hydrogen-bond donors (Lipinski definition) is 1. The lowest BCUT2D eigenvalue weighted by Crippen LogP contribution is -2.13. The van der Waals surface area contributed by atoms with Crippen molar-refractivity contribution in [3.8, 4) is 11.5 Å². The summed E-state index contributed by atoms with van der Waals surface area (Å²) in [7, 11) is -0.452. The Kier molecular flexibility index (Phi) is 7.06. The predicted molar refractivity (Wildman–Crippen MR) is 124 cm³/mol. The molecule has 2 heterocycles. The Bertz CT molecular complexity index is 1430. The van der Waals surface area contributed by atoms with Gasteiger partial charge in [-0.25, -0.2) is 18.6 Å². The third kappa shape index (κ3) is 4.99. The molecule has 1 unspecified atom stereocenters. The SMILES string of the molecule is CCOC(=O)c1cc2cc(OC)c(O)c(Cn3ccnc3)c2nc1CS(=O)c1ccc(F)c(F)c1. The summed E-state index contributed by atoms with van der Waals surface area (Å²) in [6.45, 7) is 1.94. The topological polar surface area (TPSA) is 104 Å². The third-order valence-electron chi connectivity index (χ3n) is 5.26. The molecular weight excluding hydrogens is 480 g/mol. The summed E-state index contributed by atoms with van der Waals surface area (Å²) < 4.78 is 52.2. The molecule has 0 aliphatic carbocycles. The van der Waals surface area contributed by atoms with Crippen molar-refractivity contribution >= 4 is 27.7 Å². The number of aromatic nitrogens is 3. The van der Waals surface area contributed by atoms with Gasteiger partial charge in [-0.05, 0) is 37.3 Å². The Balaban J connectivity index is 1.88. The highest BCUT2D eigenvalue weighted by Crippen LogP contribution is 2.37. The number of hydrogen-bond acceptors (Lipinski definition) is 7. The number of aromatic hydroxyl groups is 1. The molecule has 0 aliphatic heterocycles. The van der Waals surface area contributed by atoms with E-state index in [4.69, 9.17) is 9.47 Å². The molecule has 11 heteroatoms. The number of ether oxygens (including phenoxy) is 2. The molecule has 0 spiro atoms. The van der Waals surface area contributed by atoms with Crippen LogP contribution in [0.3, 0.4) is 0 Å². The molecule has 1 N–H and O–H groups in total. The maximum atomic E-state index is 13.7. The number of halogens is 2. The maximum Gasteiger partial charge on any atom is 0.340 e. The summed E-state index contributed by atoms with van der Waals surface area (Å²) in [6.07, 6.45) is 4.86. The highest BCUT2D eigenvalue weighted by Gasteiger charge is 2.23. The average molecular weight is 502 g/mol. The average Bonchev–Trinajstić information content (AvgIpc) is 3.35. The van der Waals surface area contributed by atoms with Crippen molar-refractivity contribution in [2.75, 3.05) is 13.7 Å². The minimum atomic E-state index is -1.86. The zero-order valence-corrected chi connectivity index (χ0v) is 19.6. The van der Waals surface area contributed by atoms with Gasteiger partial charge in [0.1, 0.15) is 0 Å². The largest absolute Gasteiger partial charge is 0.504 e. The number of carbonyl (C=O) groups excluding carboxylic acids is 1. The van der Waals surface area contributed by atoms with Crippen molar-refractivity contribution in [1.29, 1.82) is 0 Å². The molecule has 0 amide bonds. The van der Waals surface area contributed by atoms with Crippen molar-refractivity contribution in [3.63, 3.8) is 0 Å². The van der Waals surface area contributed by atoms with Crippen LogP contribution in [0, 0.1) is 11.6 Å². The van der Waals surface area contributed by atoms with E-state index in [2.05, 4.69) is 9.97 Å². The maximum absolute atomic E-state index is 13.7. The standard InChI is InChI=1S/C24H21F2N3O5S/c1-3-34-24(31)16-8-14-9-21(33-2)23(30)17(11-29-7-6-27-13-29)22(14)28-20(16)12-35(32)15-4-5-18(25)19(26)10-15/h4-10,13,30H,3,11-12H2,1-2H3. The van der Waals surface area contributed by atoms with E-state index in [1.54, 1.807) is 30.2 Å². The van der Waals surface area contributed by atoms with Gasteiger partial charge in [0.2, 0.25) is 0 Å². The Morgan fingerprint density at radius 2 is 2.00 bits per heavy atom. The molecule has 2 aromatic carbocycles. The van der Waals surface area contributed by atoms with Crippen LogP contribution >= 0.6 is 0 Å². The zero-order valence-electron chi connectivity index (χ0n) is 18.8. The monoisotopic (exact) mass is 501 g/mol. The van der Waals surface area contributed by atoms with Crippen LogP contribution in [0.2, 0.25) is 0 Å². The molecule has 35 heavy (non-hydrogen) atoms. The van der Waals surface area contributed by atoms with Gasteiger partial charge in [0.25, 0.3) is 0 Å². The van der Waals surface area contributed by atoms with E-state index in [0.717, 1.165) is 12.1 Å². The lowest BCUT2D eigenvalue weighted by molar-refractivity contribution is 0.0525. The van der Waals surface area contributed by atoms with Crippen LogP contribution in [0.5, 0.6) is 11.5 Å². The molecule has 182 valence electrons. The molecule has 0 radical (unpaired) electrons. The van der Waals surface area contributed by atoms with E-state index in [0.29, 0.717) is 16.5 Å².